The van der Waals surface area contributed by atoms with Gasteiger partial charge in [-0.05, 0) is 35.9 Å². The van der Waals surface area contributed by atoms with E-state index in [4.69, 9.17) is 17.3 Å². The van der Waals surface area contributed by atoms with Crippen molar-refractivity contribution in [3.63, 3.8) is 0 Å². The van der Waals surface area contributed by atoms with Gasteiger partial charge in [-0.25, -0.2) is 4.39 Å². The molecule has 0 aliphatic heterocycles. The molecule has 3 N–H and O–H groups in total. The molecule has 0 fully saturated rings. The fraction of sp³-hybridized carbons (Fsp3) is 0.0714. The number of hydrogen-bond donors (Lipinski definition) is 2. The van der Waals surface area contributed by atoms with Crippen molar-refractivity contribution in [1.29, 1.82) is 0 Å². The first-order valence-corrected chi connectivity index (χ1v) is 6.91. The zero-order chi connectivity index (χ0) is 14.7. The first kappa shape index (κ1) is 14.8. The van der Waals surface area contributed by atoms with Crippen molar-refractivity contribution in [1.82, 2.24) is 0 Å². The van der Waals surface area contributed by atoms with E-state index in [0.717, 1.165) is 10.0 Å². The highest BCUT2D eigenvalue weighted by Gasteiger charge is 2.07. The third-order valence-electron chi connectivity index (χ3n) is 2.74. The Labute approximate surface area is 129 Å². The third-order valence-corrected chi connectivity index (χ3v) is 3.58. The maximum Gasteiger partial charge on any atom is 0.248 e. The molecule has 0 unspecified atom stereocenters. The quantitative estimate of drug-likeness (QED) is 0.870. The Hall–Kier alpha value is -1.59. The molecule has 6 heteroatoms. The number of carbonyl (C=O) groups is 1. The number of primary amides is 1. The van der Waals surface area contributed by atoms with Crippen molar-refractivity contribution in [2.24, 2.45) is 5.73 Å². The van der Waals surface area contributed by atoms with Crippen LogP contribution in [0.2, 0.25) is 5.02 Å². The van der Waals surface area contributed by atoms with Crippen LogP contribution < -0.4 is 11.1 Å². The Morgan fingerprint density at radius 3 is 2.70 bits per heavy atom. The Morgan fingerprint density at radius 1 is 1.30 bits per heavy atom. The molecule has 2 aromatic carbocycles. The summed E-state index contributed by atoms with van der Waals surface area (Å²) in [6.07, 6.45) is 0. The lowest BCUT2D eigenvalue weighted by atomic mass is 10.1. The smallest absolute Gasteiger partial charge is 0.248 e. The standard InChI is InChI=1S/C14H11BrClFN2O/c15-10-3-4-12(17)13(6-10)19-7-9-2-1-8(14(18)20)5-11(9)16/h1-6,19H,7H2,(H2,18,20). The zero-order valence-corrected chi connectivity index (χ0v) is 12.6. The Balaban J connectivity index is 2.15. The molecular formula is C14H11BrClFN2O. The molecule has 1 amide bonds. The second kappa shape index (κ2) is 6.24. The van der Waals surface area contributed by atoms with E-state index in [2.05, 4.69) is 21.2 Å². The highest BCUT2D eigenvalue weighted by molar-refractivity contribution is 9.10. The number of hydrogen-bond acceptors (Lipinski definition) is 2. The number of benzene rings is 2. The molecule has 20 heavy (non-hydrogen) atoms. The summed E-state index contributed by atoms with van der Waals surface area (Å²) in [7, 11) is 0. The van der Waals surface area contributed by atoms with E-state index in [0.29, 0.717) is 22.8 Å². The lowest BCUT2D eigenvalue weighted by Gasteiger charge is -2.10. The minimum atomic E-state index is -0.538. The number of halogens is 3. The minimum Gasteiger partial charge on any atom is -0.379 e. The molecule has 0 atom stereocenters. The van der Waals surface area contributed by atoms with Crippen LogP contribution in [0, 0.1) is 5.82 Å². The molecule has 2 aromatic rings. The van der Waals surface area contributed by atoms with E-state index >= 15 is 0 Å². The van der Waals surface area contributed by atoms with Crippen LogP contribution in [-0.2, 0) is 6.54 Å². The molecule has 0 aliphatic carbocycles. The van der Waals surface area contributed by atoms with E-state index in [9.17, 15) is 9.18 Å². The van der Waals surface area contributed by atoms with Crippen molar-refractivity contribution in [3.8, 4) is 0 Å². The molecule has 0 saturated carbocycles. The van der Waals surface area contributed by atoms with Crippen molar-refractivity contribution >= 4 is 39.1 Å². The highest BCUT2D eigenvalue weighted by atomic mass is 79.9. The van der Waals surface area contributed by atoms with E-state index in [1.165, 1.54) is 12.1 Å². The molecule has 3 nitrogen and oxygen atoms in total. The molecule has 0 radical (unpaired) electrons. The number of carbonyl (C=O) groups excluding carboxylic acids is 1. The van der Waals surface area contributed by atoms with E-state index < -0.39 is 5.91 Å². The van der Waals surface area contributed by atoms with Crippen LogP contribution in [0.4, 0.5) is 10.1 Å². The zero-order valence-electron chi connectivity index (χ0n) is 10.3. The molecule has 0 bridgehead atoms. The fourth-order valence-corrected chi connectivity index (χ4v) is 2.28. The monoisotopic (exact) mass is 356 g/mol. The Bertz CT molecular complexity index is 664. The van der Waals surface area contributed by atoms with Gasteiger partial charge in [-0.3, -0.25) is 4.79 Å². The molecule has 2 rings (SSSR count). The van der Waals surface area contributed by atoms with Gasteiger partial charge in [-0.2, -0.15) is 0 Å². The third kappa shape index (κ3) is 3.49. The molecule has 0 heterocycles. The van der Waals surface area contributed by atoms with Crippen LogP contribution in [0.1, 0.15) is 15.9 Å². The average molecular weight is 358 g/mol. The van der Waals surface area contributed by atoms with Gasteiger partial charge in [0.15, 0.2) is 0 Å². The van der Waals surface area contributed by atoms with Gasteiger partial charge in [0.1, 0.15) is 5.82 Å². The van der Waals surface area contributed by atoms with Crippen LogP contribution in [0.15, 0.2) is 40.9 Å². The van der Waals surface area contributed by atoms with Crippen LogP contribution >= 0.6 is 27.5 Å². The second-order valence-corrected chi connectivity index (χ2v) is 5.47. The second-order valence-electron chi connectivity index (χ2n) is 4.15. The molecule has 0 spiro atoms. The molecule has 104 valence electrons. The number of amides is 1. The van der Waals surface area contributed by atoms with Crippen LogP contribution in [0.3, 0.4) is 0 Å². The van der Waals surface area contributed by atoms with Crippen molar-refractivity contribution in [3.05, 3.63) is 62.8 Å². The lowest BCUT2D eigenvalue weighted by Crippen LogP contribution is -2.11. The fourth-order valence-electron chi connectivity index (χ4n) is 1.67. The van der Waals surface area contributed by atoms with Gasteiger partial charge >= 0.3 is 0 Å². The molecular weight excluding hydrogens is 347 g/mol. The summed E-state index contributed by atoms with van der Waals surface area (Å²) in [5.41, 5.74) is 6.62. The van der Waals surface area contributed by atoms with Gasteiger partial charge in [0.25, 0.3) is 0 Å². The largest absolute Gasteiger partial charge is 0.379 e. The van der Waals surface area contributed by atoms with Gasteiger partial charge < -0.3 is 11.1 Å². The molecule has 0 saturated heterocycles. The van der Waals surface area contributed by atoms with Gasteiger partial charge in [-0.15, -0.1) is 0 Å². The van der Waals surface area contributed by atoms with Gasteiger partial charge in [0, 0.05) is 21.6 Å². The lowest BCUT2D eigenvalue weighted by molar-refractivity contribution is 0.100. The minimum absolute atomic E-state index is 0.339. The van der Waals surface area contributed by atoms with Crippen molar-refractivity contribution in [2.75, 3.05) is 5.32 Å². The topological polar surface area (TPSA) is 55.1 Å². The maximum absolute atomic E-state index is 13.6. The maximum atomic E-state index is 13.6. The Morgan fingerprint density at radius 2 is 2.05 bits per heavy atom. The van der Waals surface area contributed by atoms with Gasteiger partial charge in [0.05, 0.1) is 5.69 Å². The first-order valence-electron chi connectivity index (χ1n) is 5.74. The molecule has 0 aromatic heterocycles. The summed E-state index contributed by atoms with van der Waals surface area (Å²) in [4.78, 5) is 11.0. The highest BCUT2D eigenvalue weighted by Crippen LogP contribution is 2.23. The predicted molar refractivity (Wildman–Crippen MR) is 81.4 cm³/mol. The summed E-state index contributed by atoms with van der Waals surface area (Å²) in [5.74, 6) is -0.887. The number of nitrogens with one attached hydrogen (secondary N) is 1. The Kier molecular flexibility index (Phi) is 4.62. The summed E-state index contributed by atoms with van der Waals surface area (Å²) in [6.45, 7) is 0.339. The summed E-state index contributed by atoms with van der Waals surface area (Å²) in [6, 6.07) is 9.40. The summed E-state index contributed by atoms with van der Waals surface area (Å²) in [5, 5.41) is 3.36. The van der Waals surface area contributed by atoms with Gasteiger partial charge in [0.2, 0.25) is 5.91 Å². The van der Waals surface area contributed by atoms with Crippen LogP contribution in [0.25, 0.3) is 0 Å². The van der Waals surface area contributed by atoms with E-state index in [-0.39, 0.29) is 5.82 Å². The number of nitrogens with two attached hydrogens (primary N) is 1. The SMILES string of the molecule is NC(=O)c1ccc(CNc2cc(Br)ccc2F)c(Cl)c1. The van der Waals surface area contributed by atoms with Crippen LogP contribution in [0.5, 0.6) is 0 Å². The first-order chi connectivity index (χ1) is 9.47. The average Bonchev–Trinajstić information content (AvgIpc) is 2.40. The molecule has 0 aliphatic rings. The normalized spacial score (nSPS) is 10.3. The van der Waals surface area contributed by atoms with E-state index in [1.54, 1.807) is 24.3 Å². The number of anilines is 1. The van der Waals surface area contributed by atoms with Crippen molar-refractivity contribution in [2.45, 2.75) is 6.54 Å². The summed E-state index contributed by atoms with van der Waals surface area (Å²) < 4.78 is 14.3. The van der Waals surface area contributed by atoms with Crippen molar-refractivity contribution < 1.29 is 9.18 Å². The van der Waals surface area contributed by atoms with E-state index in [1.807, 2.05) is 0 Å². The summed E-state index contributed by atoms with van der Waals surface area (Å²) >= 11 is 9.34. The van der Waals surface area contributed by atoms with Gasteiger partial charge in [-0.1, -0.05) is 33.6 Å². The predicted octanol–water partition coefficient (Wildman–Crippen LogP) is 3.95. The number of rotatable bonds is 4. The van der Waals surface area contributed by atoms with Crippen LogP contribution in [-0.4, -0.2) is 5.91 Å².